The first-order valence-electron chi connectivity index (χ1n) is 16.7. The molecule has 2 heteroatoms. The van der Waals surface area contributed by atoms with Gasteiger partial charge in [0.2, 0.25) is 0 Å². The van der Waals surface area contributed by atoms with Crippen LogP contribution in [-0.4, -0.2) is 11.3 Å². The summed E-state index contributed by atoms with van der Waals surface area (Å²) < 4.78 is 0. The van der Waals surface area contributed by atoms with E-state index in [0.717, 1.165) is 41.6 Å². The molecule has 1 N–H and O–H groups in total. The van der Waals surface area contributed by atoms with E-state index in [-0.39, 0.29) is 16.7 Å². The average molecular weight is 612 g/mol. The number of nitrogens with zero attached hydrogens (tertiary/aromatic N) is 1. The number of hydrogen-bond donors (Lipinski definition) is 1. The molecule has 0 aromatic heterocycles. The standard InChI is InChI=1S/C45H41NO/c1-44(2,3)41-22-13-16-33(43(41)47)30-46-34-26-23-31(24-27-34)14-11-12-29-45(4,40-28-25-32-15-5-6-17-35(32)40)42-38-20-9-7-18-36(38)37-19-8-10-21-39(37)42/h5-10,13,15-24,26-28,30,42,47H,12,25,29H2,1-4H3. The fourth-order valence-electron chi connectivity index (χ4n) is 7.63. The molecule has 1 unspecified atom stereocenters. The maximum Gasteiger partial charge on any atom is 0.128 e. The minimum absolute atomic E-state index is 0.127. The predicted octanol–water partition coefficient (Wildman–Crippen LogP) is 11.0. The number of allylic oxidation sites excluding steroid dienone is 2. The molecule has 232 valence electrons. The quantitative estimate of drug-likeness (QED) is 0.150. The zero-order valence-corrected chi connectivity index (χ0v) is 27.7. The summed E-state index contributed by atoms with van der Waals surface area (Å²) in [6.07, 6.45) is 6.94. The Morgan fingerprint density at radius 1 is 0.745 bits per heavy atom. The molecule has 0 aliphatic heterocycles. The van der Waals surface area contributed by atoms with Crippen LogP contribution >= 0.6 is 0 Å². The summed E-state index contributed by atoms with van der Waals surface area (Å²) in [5.41, 5.74) is 13.0. The molecule has 1 atom stereocenters. The number of para-hydroxylation sites is 1. The topological polar surface area (TPSA) is 32.6 Å². The van der Waals surface area contributed by atoms with Crippen molar-refractivity contribution >= 4 is 17.5 Å². The fraction of sp³-hybridized carbons (Fsp3) is 0.222. The average Bonchev–Trinajstić information content (AvgIpc) is 3.67. The molecule has 2 nitrogen and oxygen atoms in total. The minimum atomic E-state index is -0.143. The van der Waals surface area contributed by atoms with Gasteiger partial charge in [-0.1, -0.05) is 131 Å². The second-order valence-electron chi connectivity index (χ2n) is 14.1. The highest BCUT2D eigenvalue weighted by Crippen LogP contribution is 2.60. The number of phenolic OH excluding ortho intramolecular Hbond substituents is 1. The van der Waals surface area contributed by atoms with Crippen molar-refractivity contribution in [3.8, 4) is 28.7 Å². The van der Waals surface area contributed by atoms with Gasteiger partial charge in [-0.25, -0.2) is 0 Å². The van der Waals surface area contributed by atoms with E-state index in [1.165, 1.54) is 39.0 Å². The number of aromatic hydroxyl groups is 1. The summed E-state index contributed by atoms with van der Waals surface area (Å²) in [5, 5.41) is 10.8. The number of benzene rings is 5. The van der Waals surface area contributed by atoms with Gasteiger partial charge in [-0.3, -0.25) is 4.99 Å². The molecular formula is C45H41NO. The molecule has 0 fully saturated rings. The molecule has 5 aromatic rings. The zero-order chi connectivity index (χ0) is 32.6. The summed E-state index contributed by atoms with van der Waals surface area (Å²) in [5.74, 6) is 7.51. The first-order valence-corrected chi connectivity index (χ1v) is 16.7. The predicted molar refractivity (Wildman–Crippen MR) is 197 cm³/mol. The number of rotatable bonds is 6. The number of phenols is 1. The van der Waals surface area contributed by atoms with E-state index >= 15 is 0 Å². The summed E-state index contributed by atoms with van der Waals surface area (Å²) >= 11 is 0. The van der Waals surface area contributed by atoms with Crippen molar-refractivity contribution in [2.24, 2.45) is 10.4 Å². The summed E-state index contributed by atoms with van der Waals surface area (Å²) in [4.78, 5) is 4.63. The van der Waals surface area contributed by atoms with Crippen molar-refractivity contribution < 1.29 is 5.11 Å². The Labute approximate surface area is 279 Å². The molecule has 2 aliphatic carbocycles. The molecule has 0 spiro atoms. The molecule has 7 rings (SSSR count). The van der Waals surface area contributed by atoms with Crippen LogP contribution < -0.4 is 0 Å². The summed E-state index contributed by atoms with van der Waals surface area (Å²) in [6, 6.07) is 40.7. The first kappa shape index (κ1) is 30.5. The van der Waals surface area contributed by atoms with Crippen LogP contribution in [0.5, 0.6) is 5.75 Å². The van der Waals surface area contributed by atoms with Crippen LogP contribution in [0.2, 0.25) is 0 Å². The smallest absolute Gasteiger partial charge is 0.128 e. The third-order valence-electron chi connectivity index (χ3n) is 10.0. The van der Waals surface area contributed by atoms with E-state index in [2.05, 4.69) is 123 Å². The molecule has 0 radical (unpaired) electrons. The molecule has 0 amide bonds. The van der Waals surface area contributed by atoms with Gasteiger partial charge in [-0.05, 0) is 93.1 Å². The minimum Gasteiger partial charge on any atom is -0.507 e. The van der Waals surface area contributed by atoms with Gasteiger partial charge in [0.05, 0.1) is 5.69 Å². The lowest BCUT2D eigenvalue weighted by Gasteiger charge is -2.39. The van der Waals surface area contributed by atoms with E-state index in [4.69, 9.17) is 0 Å². The van der Waals surface area contributed by atoms with Gasteiger partial charge in [0.25, 0.3) is 0 Å². The Morgan fingerprint density at radius 2 is 1.38 bits per heavy atom. The fourth-order valence-corrected chi connectivity index (χ4v) is 7.63. The molecule has 5 aromatic carbocycles. The van der Waals surface area contributed by atoms with Crippen LogP contribution in [0.25, 0.3) is 16.7 Å². The molecule has 47 heavy (non-hydrogen) atoms. The van der Waals surface area contributed by atoms with Gasteiger partial charge in [-0.2, -0.15) is 0 Å². The number of hydrogen-bond acceptors (Lipinski definition) is 2. The Bertz CT molecular complexity index is 2030. The van der Waals surface area contributed by atoms with Crippen molar-refractivity contribution in [3.05, 3.63) is 160 Å². The maximum absolute atomic E-state index is 10.8. The highest BCUT2D eigenvalue weighted by atomic mass is 16.3. The molecular weight excluding hydrogens is 571 g/mol. The lowest BCUT2D eigenvalue weighted by atomic mass is 9.64. The van der Waals surface area contributed by atoms with Crippen LogP contribution in [0.15, 0.2) is 126 Å². The van der Waals surface area contributed by atoms with E-state index in [9.17, 15) is 5.11 Å². The van der Waals surface area contributed by atoms with Crippen LogP contribution in [0, 0.1) is 17.3 Å². The maximum atomic E-state index is 10.8. The van der Waals surface area contributed by atoms with Crippen molar-refractivity contribution in [2.45, 2.75) is 58.3 Å². The molecule has 0 saturated carbocycles. The SMILES string of the molecule is CC(C)(C)c1cccc(C=Nc2ccc(C#CCCC(C)(C3=CCc4ccccc43)C3c4ccccc4-c4ccccc43)cc2)c1O. The highest BCUT2D eigenvalue weighted by molar-refractivity contribution is 5.86. The Kier molecular flexibility index (Phi) is 7.94. The van der Waals surface area contributed by atoms with E-state index in [1.54, 1.807) is 6.21 Å². The third kappa shape index (κ3) is 5.72. The van der Waals surface area contributed by atoms with Crippen molar-refractivity contribution in [1.82, 2.24) is 0 Å². The van der Waals surface area contributed by atoms with Gasteiger partial charge >= 0.3 is 0 Å². The lowest BCUT2D eigenvalue weighted by molar-refractivity contribution is 0.369. The number of fused-ring (bicyclic) bond motifs is 4. The largest absolute Gasteiger partial charge is 0.507 e. The Balaban J connectivity index is 1.14. The monoisotopic (exact) mass is 611 g/mol. The van der Waals surface area contributed by atoms with Crippen molar-refractivity contribution in [2.75, 3.05) is 0 Å². The highest BCUT2D eigenvalue weighted by Gasteiger charge is 2.45. The summed E-state index contributed by atoms with van der Waals surface area (Å²) in [7, 11) is 0. The van der Waals surface area contributed by atoms with Crippen LogP contribution in [0.3, 0.4) is 0 Å². The van der Waals surface area contributed by atoms with Gasteiger partial charge < -0.3 is 5.11 Å². The lowest BCUT2D eigenvalue weighted by Crippen LogP contribution is -2.27. The third-order valence-corrected chi connectivity index (χ3v) is 10.0. The van der Waals surface area contributed by atoms with Gasteiger partial charge in [0, 0.05) is 35.1 Å². The first-order chi connectivity index (χ1) is 22.7. The Hall–Kier alpha value is -5.13. The molecule has 2 aliphatic rings. The van der Waals surface area contributed by atoms with Gasteiger partial charge in [-0.15, -0.1) is 0 Å². The van der Waals surface area contributed by atoms with Crippen LogP contribution in [0.4, 0.5) is 5.69 Å². The normalized spacial score (nSPS) is 14.9. The van der Waals surface area contributed by atoms with Gasteiger partial charge in [0.1, 0.15) is 5.75 Å². The molecule has 0 saturated heterocycles. The van der Waals surface area contributed by atoms with Crippen LogP contribution in [-0.2, 0) is 11.8 Å². The zero-order valence-electron chi connectivity index (χ0n) is 27.7. The van der Waals surface area contributed by atoms with Gasteiger partial charge in [0.15, 0.2) is 0 Å². The van der Waals surface area contributed by atoms with Crippen molar-refractivity contribution in [1.29, 1.82) is 0 Å². The van der Waals surface area contributed by atoms with E-state index in [1.807, 2.05) is 42.5 Å². The molecule has 0 bridgehead atoms. The summed E-state index contributed by atoms with van der Waals surface area (Å²) in [6.45, 7) is 8.76. The molecule has 0 heterocycles. The number of aliphatic imine (C=N–C) groups is 1. The Morgan fingerprint density at radius 3 is 2.06 bits per heavy atom. The van der Waals surface area contributed by atoms with E-state index < -0.39 is 0 Å². The second-order valence-corrected chi connectivity index (χ2v) is 14.1. The van der Waals surface area contributed by atoms with Crippen molar-refractivity contribution in [3.63, 3.8) is 0 Å². The van der Waals surface area contributed by atoms with Crippen LogP contribution in [0.1, 0.15) is 85.4 Å². The second kappa shape index (κ2) is 12.2. The van der Waals surface area contributed by atoms with E-state index in [0.29, 0.717) is 5.75 Å².